The number of fused-ring (bicyclic) bond motifs is 1. The molecule has 0 spiro atoms. The van der Waals surface area contributed by atoms with E-state index in [9.17, 15) is 4.79 Å². The Labute approximate surface area is 171 Å². The summed E-state index contributed by atoms with van der Waals surface area (Å²) in [5, 5.41) is 0. The molecule has 1 amide bonds. The SMILES string of the molecule is CCCCCCCCCCCC1=NCCc2cc(N(C)C(=O)OCC)ccc21. The van der Waals surface area contributed by atoms with Crippen molar-refractivity contribution in [3.8, 4) is 0 Å². The molecule has 1 aromatic rings. The normalized spacial score (nSPS) is 13.0. The zero-order valence-corrected chi connectivity index (χ0v) is 18.1. The first-order valence-electron chi connectivity index (χ1n) is 11.2. The van der Waals surface area contributed by atoms with E-state index in [1.54, 1.807) is 11.9 Å². The molecule has 0 atom stereocenters. The molecule has 0 aromatic heterocycles. The Balaban J connectivity index is 1.79. The van der Waals surface area contributed by atoms with Crippen molar-refractivity contribution in [1.29, 1.82) is 0 Å². The van der Waals surface area contributed by atoms with Crippen molar-refractivity contribution in [2.24, 2.45) is 4.99 Å². The van der Waals surface area contributed by atoms with E-state index in [0.29, 0.717) is 6.61 Å². The summed E-state index contributed by atoms with van der Waals surface area (Å²) in [6.45, 7) is 5.34. The minimum Gasteiger partial charge on any atom is -0.449 e. The number of nitrogens with zero attached hydrogens (tertiary/aromatic N) is 2. The number of amides is 1. The highest BCUT2D eigenvalue weighted by Crippen LogP contribution is 2.25. The van der Waals surface area contributed by atoms with E-state index in [4.69, 9.17) is 9.73 Å². The van der Waals surface area contributed by atoms with Gasteiger partial charge < -0.3 is 4.74 Å². The molecule has 1 aromatic carbocycles. The summed E-state index contributed by atoms with van der Waals surface area (Å²) in [4.78, 5) is 18.3. The van der Waals surface area contributed by atoms with Crippen molar-refractivity contribution in [3.63, 3.8) is 0 Å². The Morgan fingerprint density at radius 1 is 1.04 bits per heavy atom. The van der Waals surface area contributed by atoms with E-state index in [2.05, 4.69) is 19.1 Å². The number of anilines is 1. The van der Waals surface area contributed by atoms with Crippen LogP contribution < -0.4 is 4.90 Å². The van der Waals surface area contributed by atoms with Crippen LogP contribution in [-0.2, 0) is 11.2 Å². The van der Waals surface area contributed by atoms with Crippen LogP contribution in [0.15, 0.2) is 23.2 Å². The monoisotopic (exact) mass is 386 g/mol. The molecular formula is C24H38N2O2. The maximum Gasteiger partial charge on any atom is 0.413 e. The van der Waals surface area contributed by atoms with Crippen LogP contribution in [0.25, 0.3) is 0 Å². The number of rotatable bonds is 12. The van der Waals surface area contributed by atoms with Gasteiger partial charge in [0.25, 0.3) is 0 Å². The smallest absolute Gasteiger partial charge is 0.413 e. The summed E-state index contributed by atoms with van der Waals surface area (Å²) in [6.07, 6.45) is 13.8. The van der Waals surface area contributed by atoms with E-state index in [0.717, 1.165) is 25.1 Å². The zero-order valence-electron chi connectivity index (χ0n) is 18.1. The lowest BCUT2D eigenvalue weighted by Crippen LogP contribution is -2.27. The lowest BCUT2D eigenvalue weighted by Gasteiger charge is -2.21. The molecule has 4 nitrogen and oxygen atoms in total. The first-order chi connectivity index (χ1) is 13.7. The predicted octanol–water partition coefficient (Wildman–Crippen LogP) is 6.55. The van der Waals surface area contributed by atoms with Gasteiger partial charge in [-0.05, 0) is 49.4 Å². The summed E-state index contributed by atoms with van der Waals surface area (Å²) in [6, 6.07) is 6.26. The van der Waals surface area contributed by atoms with Gasteiger partial charge in [-0.25, -0.2) is 4.79 Å². The molecule has 0 N–H and O–H groups in total. The lowest BCUT2D eigenvalue weighted by atomic mass is 9.93. The van der Waals surface area contributed by atoms with E-state index in [1.165, 1.54) is 74.6 Å². The van der Waals surface area contributed by atoms with Crippen molar-refractivity contribution in [2.75, 3.05) is 25.1 Å². The number of unbranched alkanes of at least 4 members (excludes halogenated alkanes) is 8. The highest BCUT2D eigenvalue weighted by molar-refractivity contribution is 6.03. The summed E-state index contributed by atoms with van der Waals surface area (Å²) in [5.74, 6) is 0. The molecule has 0 saturated heterocycles. The minimum absolute atomic E-state index is 0.304. The van der Waals surface area contributed by atoms with Gasteiger partial charge in [0.05, 0.1) is 6.61 Å². The first kappa shape index (κ1) is 22.4. The number of benzene rings is 1. The lowest BCUT2D eigenvalue weighted by molar-refractivity contribution is 0.161. The fourth-order valence-corrected chi connectivity index (χ4v) is 3.82. The van der Waals surface area contributed by atoms with Crippen LogP contribution in [0, 0.1) is 0 Å². The van der Waals surface area contributed by atoms with Crippen LogP contribution in [0.4, 0.5) is 10.5 Å². The molecule has 0 aliphatic carbocycles. The molecule has 2 rings (SSSR count). The third-order valence-electron chi connectivity index (χ3n) is 5.53. The van der Waals surface area contributed by atoms with Crippen LogP contribution in [0.2, 0.25) is 0 Å². The van der Waals surface area contributed by atoms with Crippen LogP contribution >= 0.6 is 0 Å². The Hall–Kier alpha value is -1.84. The van der Waals surface area contributed by atoms with Crippen molar-refractivity contribution in [1.82, 2.24) is 0 Å². The molecule has 1 aliphatic heterocycles. The van der Waals surface area contributed by atoms with Gasteiger partial charge in [-0.2, -0.15) is 0 Å². The topological polar surface area (TPSA) is 41.9 Å². The molecule has 0 saturated carbocycles. The zero-order chi connectivity index (χ0) is 20.2. The van der Waals surface area contributed by atoms with E-state index in [-0.39, 0.29) is 6.09 Å². The van der Waals surface area contributed by atoms with Crippen molar-refractivity contribution in [3.05, 3.63) is 29.3 Å². The summed E-state index contributed by atoms with van der Waals surface area (Å²) in [5.41, 5.74) is 4.71. The molecule has 156 valence electrons. The number of carbonyl (C=O) groups excluding carboxylic acids is 1. The summed E-state index contributed by atoms with van der Waals surface area (Å²) >= 11 is 0. The van der Waals surface area contributed by atoms with E-state index >= 15 is 0 Å². The Bertz CT molecular complexity index is 639. The second kappa shape index (κ2) is 12.6. The fourth-order valence-electron chi connectivity index (χ4n) is 3.82. The van der Waals surface area contributed by atoms with Crippen LogP contribution in [-0.4, -0.2) is 32.0 Å². The van der Waals surface area contributed by atoms with Crippen molar-refractivity contribution >= 4 is 17.5 Å². The standard InChI is InChI=1S/C24H38N2O2/c1-4-6-7-8-9-10-11-12-13-14-23-22-16-15-21(19-20(22)17-18-25-23)26(3)24(27)28-5-2/h15-16,19H,4-14,17-18H2,1-3H3. The molecule has 0 radical (unpaired) electrons. The molecule has 0 fully saturated rings. The number of carbonyl (C=O) groups is 1. The van der Waals surface area contributed by atoms with Gasteiger partial charge in [0.15, 0.2) is 0 Å². The van der Waals surface area contributed by atoms with Crippen LogP contribution in [0.1, 0.15) is 89.2 Å². The van der Waals surface area contributed by atoms with Gasteiger partial charge in [0, 0.05) is 25.0 Å². The van der Waals surface area contributed by atoms with Crippen LogP contribution in [0.3, 0.4) is 0 Å². The fraction of sp³-hybridized carbons (Fsp3) is 0.667. The maximum absolute atomic E-state index is 12.0. The van der Waals surface area contributed by atoms with Crippen molar-refractivity contribution < 1.29 is 9.53 Å². The highest BCUT2D eigenvalue weighted by Gasteiger charge is 2.17. The Kier molecular flexibility index (Phi) is 10.1. The number of hydrogen-bond donors (Lipinski definition) is 0. The minimum atomic E-state index is -0.304. The van der Waals surface area contributed by atoms with Gasteiger partial charge in [-0.1, -0.05) is 64.4 Å². The molecular weight excluding hydrogens is 348 g/mol. The number of hydrogen-bond acceptors (Lipinski definition) is 3. The predicted molar refractivity (Wildman–Crippen MR) is 119 cm³/mol. The summed E-state index contributed by atoms with van der Waals surface area (Å²) < 4.78 is 5.10. The molecule has 0 unspecified atom stereocenters. The van der Waals surface area contributed by atoms with Crippen molar-refractivity contribution in [2.45, 2.75) is 84.5 Å². The number of aliphatic imine (C=N–C) groups is 1. The quantitative estimate of drug-likeness (QED) is 0.382. The highest BCUT2D eigenvalue weighted by atomic mass is 16.6. The van der Waals surface area contributed by atoms with E-state index < -0.39 is 0 Å². The second-order valence-electron chi connectivity index (χ2n) is 7.76. The largest absolute Gasteiger partial charge is 0.449 e. The number of ether oxygens (including phenoxy) is 1. The molecule has 28 heavy (non-hydrogen) atoms. The Morgan fingerprint density at radius 3 is 2.39 bits per heavy atom. The van der Waals surface area contributed by atoms with Gasteiger partial charge in [-0.3, -0.25) is 9.89 Å². The Morgan fingerprint density at radius 2 is 1.71 bits per heavy atom. The molecule has 4 heteroatoms. The molecule has 1 heterocycles. The van der Waals surface area contributed by atoms with Gasteiger partial charge in [0.2, 0.25) is 0 Å². The third kappa shape index (κ3) is 6.96. The first-order valence-corrected chi connectivity index (χ1v) is 11.2. The van der Waals surface area contributed by atoms with Crippen LogP contribution in [0.5, 0.6) is 0 Å². The average molecular weight is 387 g/mol. The van der Waals surface area contributed by atoms with E-state index in [1.807, 2.05) is 13.0 Å². The second-order valence-corrected chi connectivity index (χ2v) is 7.76. The third-order valence-corrected chi connectivity index (χ3v) is 5.53. The van der Waals surface area contributed by atoms with Gasteiger partial charge in [-0.15, -0.1) is 0 Å². The van der Waals surface area contributed by atoms with Gasteiger partial charge >= 0.3 is 6.09 Å². The maximum atomic E-state index is 12.0. The average Bonchev–Trinajstić information content (AvgIpc) is 2.71. The molecule has 1 aliphatic rings. The molecule has 0 bridgehead atoms. The van der Waals surface area contributed by atoms with Gasteiger partial charge in [0.1, 0.15) is 0 Å². The summed E-state index contributed by atoms with van der Waals surface area (Å²) in [7, 11) is 1.76.